The quantitative estimate of drug-likeness (QED) is 0.186. The van der Waals surface area contributed by atoms with Crippen LogP contribution >= 0.6 is 0 Å². The molecule has 1 unspecified atom stereocenters. The first-order chi connectivity index (χ1) is 20.4. The summed E-state index contributed by atoms with van der Waals surface area (Å²) in [6.07, 6.45) is 1.69. The zero-order valence-corrected chi connectivity index (χ0v) is 24.3. The van der Waals surface area contributed by atoms with Crippen LogP contribution in [0.3, 0.4) is 0 Å². The van der Waals surface area contributed by atoms with Crippen LogP contribution in [0.15, 0.2) is 36.8 Å². The molecule has 11 nitrogen and oxygen atoms in total. The number of unbranched alkanes of at least 4 members (excludes halogenated alkanes) is 1. The number of nitrogens with one attached hydrogen (secondary N) is 2. The normalized spacial score (nSPS) is 23.1. The number of fused-ring (bicyclic) bond motifs is 2. The highest BCUT2D eigenvalue weighted by atomic mass is 32.2. The Bertz CT molecular complexity index is 1720. The molecule has 0 amide bonds. The van der Waals surface area contributed by atoms with Crippen LogP contribution in [0.25, 0.3) is 22.1 Å². The summed E-state index contributed by atoms with van der Waals surface area (Å²) in [5, 5.41) is 26.1. The smallest absolute Gasteiger partial charge is 0.390 e. The Balaban J connectivity index is 1.09. The average Bonchev–Trinajstić information content (AvgIpc) is 3.39. The fourth-order valence-corrected chi connectivity index (χ4v) is 6.84. The van der Waals surface area contributed by atoms with Crippen molar-refractivity contribution in [3.63, 3.8) is 0 Å². The monoisotopic (exact) mass is 621 g/mol. The molecule has 2 aliphatic carbocycles. The third-order valence-electron chi connectivity index (χ3n) is 8.39. The molecular weight excluding hydrogens is 587 g/mol. The molecule has 4 N–H and O–H groups in total. The van der Waals surface area contributed by atoms with Crippen LogP contribution in [0.2, 0.25) is 0 Å². The van der Waals surface area contributed by atoms with Gasteiger partial charge in [0.2, 0.25) is 10.0 Å². The summed E-state index contributed by atoms with van der Waals surface area (Å²) in [5.74, 6) is 0.750. The van der Waals surface area contributed by atoms with Crippen molar-refractivity contribution in [3.05, 3.63) is 48.2 Å². The Kier molecular flexibility index (Phi) is 7.85. The molecule has 0 spiro atoms. The van der Waals surface area contributed by atoms with Crippen molar-refractivity contribution in [1.29, 1.82) is 0 Å². The van der Waals surface area contributed by atoms with Gasteiger partial charge in [-0.15, -0.1) is 0 Å². The Labute approximate surface area is 246 Å². The number of aliphatic hydroxyl groups excluding tert-OH is 2. The van der Waals surface area contributed by atoms with E-state index in [4.69, 9.17) is 0 Å². The molecule has 4 aromatic rings. The summed E-state index contributed by atoms with van der Waals surface area (Å²) < 4.78 is 67.5. The minimum absolute atomic E-state index is 0.0427. The van der Waals surface area contributed by atoms with Crippen LogP contribution in [0.4, 0.5) is 19.0 Å². The summed E-state index contributed by atoms with van der Waals surface area (Å²) in [5.41, 5.74) is 0.594. The molecule has 3 heterocycles. The van der Waals surface area contributed by atoms with E-state index >= 15 is 0 Å². The minimum atomic E-state index is -4.45. The van der Waals surface area contributed by atoms with Gasteiger partial charge in [0.05, 0.1) is 40.4 Å². The second kappa shape index (κ2) is 11.3. The molecule has 0 saturated heterocycles. The maximum absolute atomic E-state index is 13.0. The highest BCUT2D eigenvalue weighted by molar-refractivity contribution is 7.88. The Hall–Kier alpha value is -3.27. The third-order valence-corrected chi connectivity index (χ3v) is 9.66. The number of anilines is 1. The first-order valence-corrected chi connectivity index (χ1v) is 16.2. The highest BCUT2D eigenvalue weighted by Gasteiger charge is 2.44. The van der Waals surface area contributed by atoms with Gasteiger partial charge in [-0.1, -0.05) is 0 Å². The fourth-order valence-electron chi connectivity index (χ4n) is 5.92. The van der Waals surface area contributed by atoms with E-state index in [1.807, 2.05) is 16.8 Å². The number of hydrogen-bond donors (Lipinski definition) is 4. The molecule has 4 atom stereocenters. The van der Waals surface area contributed by atoms with Crippen LogP contribution in [0.5, 0.6) is 0 Å². The zero-order valence-electron chi connectivity index (χ0n) is 23.5. The van der Waals surface area contributed by atoms with Crippen molar-refractivity contribution in [2.45, 2.75) is 69.0 Å². The van der Waals surface area contributed by atoms with E-state index in [0.717, 1.165) is 42.4 Å². The molecular formula is C28H34F3N7O4S. The number of hydrogen-bond acceptors (Lipinski definition) is 8. The number of alkyl halides is 3. The van der Waals surface area contributed by atoms with E-state index in [1.54, 1.807) is 0 Å². The Morgan fingerprint density at radius 2 is 1.93 bits per heavy atom. The maximum atomic E-state index is 13.0. The van der Waals surface area contributed by atoms with E-state index < -0.39 is 45.9 Å². The standard InChI is InChI=1S/C28H34F3N7O4S/c1-43(41,42)37(10-3-2-4-23-35-20-8-5-17(28(29,30)31)13-21(20)36-23)14-16-12-22(25(40)24(16)39)38-11-9-19-26(34-18-6-7-18)32-15-33-27(19)38/h5,8-9,11,13,15-16,18,22,24-25,39-40H,2-4,6-7,10,12,14H2,1H3,(H,35,36)(H,32,33,34)/t16-,22?,24-,25+/m1/s1. The topological polar surface area (TPSA) is 149 Å². The van der Waals surface area contributed by atoms with Gasteiger partial charge in [-0.2, -0.15) is 13.2 Å². The van der Waals surface area contributed by atoms with Gasteiger partial charge in [-0.3, -0.25) is 0 Å². The first kappa shape index (κ1) is 29.8. The lowest BCUT2D eigenvalue weighted by Crippen LogP contribution is -2.39. The van der Waals surface area contributed by atoms with Gasteiger partial charge >= 0.3 is 6.18 Å². The summed E-state index contributed by atoms with van der Waals surface area (Å²) in [7, 11) is -3.62. The van der Waals surface area contributed by atoms with E-state index in [0.29, 0.717) is 48.7 Å². The van der Waals surface area contributed by atoms with E-state index in [-0.39, 0.29) is 18.6 Å². The molecule has 43 heavy (non-hydrogen) atoms. The van der Waals surface area contributed by atoms with E-state index in [2.05, 4.69) is 25.3 Å². The lowest BCUT2D eigenvalue weighted by atomic mass is 10.1. The molecule has 6 rings (SSSR count). The molecule has 1 aromatic carbocycles. The molecule has 232 valence electrons. The lowest BCUT2D eigenvalue weighted by molar-refractivity contribution is -0.137. The predicted octanol–water partition coefficient (Wildman–Crippen LogP) is 3.47. The predicted molar refractivity (Wildman–Crippen MR) is 154 cm³/mol. The van der Waals surface area contributed by atoms with Gasteiger partial charge in [0, 0.05) is 37.7 Å². The molecule has 2 fully saturated rings. The van der Waals surface area contributed by atoms with Gasteiger partial charge in [-0.25, -0.2) is 27.7 Å². The number of benzene rings is 1. The van der Waals surface area contributed by atoms with Crippen molar-refractivity contribution in [3.8, 4) is 0 Å². The number of sulfonamides is 1. The van der Waals surface area contributed by atoms with Gasteiger partial charge in [-0.05, 0) is 56.4 Å². The number of nitrogens with zero attached hydrogens (tertiary/aromatic N) is 5. The number of aryl methyl sites for hydroxylation is 1. The van der Waals surface area contributed by atoms with Gasteiger partial charge in [0.15, 0.2) is 0 Å². The molecule has 0 aliphatic heterocycles. The molecule has 15 heteroatoms. The number of aliphatic hydroxyl groups is 2. The second-order valence-electron chi connectivity index (χ2n) is 11.6. The Morgan fingerprint density at radius 1 is 1.14 bits per heavy atom. The Morgan fingerprint density at radius 3 is 2.65 bits per heavy atom. The first-order valence-electron chi connectivity index (χ1n) is 14.3. The maximum Gasteiger partial charge on any atom is 0.416 e. The number of imidazole rings is 1. The van der Waals surface area contributed by atoms with E-state index in [9.17, 15) is 31.8 Å². The zero-order chi connectivity index (χ0) is 30.5. The second-order valence-corrected chi connectivity index (χ2v) is 13.6. The summed E-state index contributed by atoms with van der Waals surface area (Å²) >= 11 is 0. The van der Waals surface area contributed by atoms with Crippen LogP contribution < -0.4 is 5.32 Å². The molecule has 2 saturated carbocycles. The number of aromatic nitrogens is 5. The SMILES string of the molecule is CS(=O)(=O)N(CCCCc1nc2cc(C(F)(F)F)ccc2[nH]1)C[C@H]1CC(n2ccc3c(NC4CC4)ncnc32)[C@H](O)[C@@H]1O. The van der Waals surface area contributed by atoms with Crippen LogP contribution in [-0.4, -0.2) is 85.0 Å². The average molecular weight is 622 g/mol. The lowest BCUT2D eigenvalue weighted by Gasteiger charge is -2.25. The largest absolute Gasteiger partial charge is 0.416 e. The van der Waals surface area contributed by atoms with Crippen molar-refractivity contribution < 1.29 is 31.8 Å². The van der Waals surface area contributed by atoms with Gasteiger partial charge < -0.3 is 25.1 Å². The van der Waals surface area contributed by atoms with E-state index in [1.165, 1.54) is 16.7 Å². The van der Waals surface area contributed by atoms with Crippen molar-refractivity contribution in [1.82, 2.24) is 28.8 Å². The third kappa shape index (κ3) is 6.35. The summed E-state index contributed by atoms with van der Waals surface area (Å²) in [6.45, 7) is 0.234. The fraction of sp³-hybridized carbons (Fsp3) is 0.536. The van der Waals surface area contributed by atoms with Crippen molar-refractivity contribution in [2.24, 2.45) is 5.92 Å². The number of rotatable bonds is 11. The number of H-pyrrole nitrogens is 1. The van der Waals surface area contributed by atoms with Gasteiger partial charge in [0.25, 0.3) is 0 Å². The van der Waals surface area contributed by atoms with Crippen LogP contribution in [0, 0.1) is 5.92 Å². The summed E-state index contributed by atoms with van der Waals surface area (Å²) in [6, 6.07) is 5.14. The number of aromatic amines is 1. The molecule has 3 aromatic heterocycles. The molecule has 0 bridgehead atoms. The van der Waals surface area contributed by atoms with Crippen LogP contribution in [0.1, 0.15) is 49.5 Å². The van der Waals surface area contributed by atoms with Crippen molar-refractivity contribution >= 4 is 37.9 Å². The number of halogens is 3. The van der Waals surface area contributed by atoms with Crippen LogP contribution in [-0.2, 0) is 22.6 Å². The van der Waals surface area contributed by atoms with Crippen molar-refractivity contribution in [2.75, 3.05) is 24.7 Å². The highest BCUT2D eigenvalue weighted by Crippen LogP contribution is 2.39. The molecule has 0 radical (unpaired) electrons. The molecule has 2 aliphatic rings. The summed E-state index contributed by atoms with van der Waals surface area (Å²) in [4.78, 5) is 16.1. The van der Waals surface area contributed by atoms with Gasteiger partial charge in [0.1, 0.15) is 29.7 Å². The minimum Gasteiger partial charge on any atom is -0.390 e.